The maximum Gasteiger partial charge on any atom is 0.321 e. The molecule has 0 bridgehead atoms. The maximum atomic E-state index is 12.9. The Kier molecular flexibility index (Phi) is 7.08. The summed E-state index contributed by atoms with van der Waals surface area (Å²) < 4.78 is 27.3. The Bertz CT molecular complexity index is 869. The zero-order chi connectivity index (χ0) is 22.0. The summed E-state index contributed by atoms with van der Waals surface area (Å²) in [4.78, 5) is 26.4. The number of hydrogen-bond donors (Lipinski definition) is 2. The van der Waals surface area contributed by atoms with Gasteiger partial charge in [0.1, 0.15) is 0 Å². The minimum Gasteiger partial charge on any atom is -0.333 e. The van der Waals surface area contributed by atoms with Gasteiger partial charge in [0, 0.05) is 31.7 Å². The van der Waals surface area contributed by atoms with E-state index in [9.17, 15) is 18.0 Å². The number of carbonyl (C=O) groups is 2. The van der Waals surface area contributed by atoms with Gasteiger partial charge in [-0.25, -0.2) is 13.2 Å². The third-order valence-corrected chi connectivity index (χ3v) is 6.94. The van der Waals surface area contributed by atoms with Crippen LogP contribution in [0.1, 0.15) is 38.8 Å². The molecule has 8 nitrogen and oxygen atoms in total. The van der Waals surface area contributed by atoms with E-state index in [4.69, 9.17) is 0 Å². The number of rotatable bonds is 4. The molecule has 1 aromatic carbocycles. The van der Waals surface area contributed by atoms with Crippen LogP contribution in [-0.4, -0.2) is 67.3 Å². The van der Waals surface area contributed by atoms with Crippen LogP contribution in [0.2, 0.25) is 0 Å². The molecular weight excluding hydrogens is 392 g/mol. The van der Waals surface area contributed by atoms with Crippen molar-refractivity contribution in [2.75, 3.05) is 26.2 Å². The van der Waals surface area contributed by atoms with E-state index in [0.29, 0.717) is 31.1 Å². The molecule has 162 valence electrons. The number of amides is 3. The Morgan fingerprint density at radius 1 is 1.03 bits per heavy atom. The van der Waals surface area contributed by atoms with Crippen molar-refractivity contribution in [3.8, 4) is 0 Å². The summed E-state index contributed by atoms with van der Waals surface area (Å²) in [6, 6.07) is 4.07. The molecule has 1 aromatic rings. The molecule has 29 heavy (non-hydrogen) atoms. The zero-order valence-corrected chi connectivity index (χ0v) is 18.9. The Labute approximate surface area is 173 Å². The van der Waals surface area contributed by atoms with Crippen LogP contribution >= 0.6 is 0 Å². The number of nitrogens with zero attached hydrogens (tertiary/aromatic N) is 2. The fraction of sp³-hybridized carbons (Fsp3) is 0.600. The first kappa shape index (κ1) is 23.3. The second-order valence-electron chi connectivity index (χ2n) is 8.56. The number of sulfonamides is 1. The first-order valence-corrected chi connectivity index (χ1v) is 11.2. The van der Waals surface area contributed by atoms with Crippen molar-refractivity contribution >= 4 is 22.0 Å². The van der Waals surface area contributed by atoms with E-state index in [1.165, 1.54) is 4.31 Å². The fourth-order valence-corrected chi connectivity index (χ4v) is 4.62. The summed E-state index contributed by atoms with van der Waals surface area (Å²) in [6.07, 6.45) is 0. The van der Waals surface area contributed by atoms with Crippen molar-refractivity contribution in [1.29, 1.82) is 0 Å². The number of hydrogen-bond acceptors (Lipinski definition) is 5. The second kappa shape index (κ2) is 8.81. The topological polar surface area (TPSA) is 98.8 Å². The van der Waals surface area contributed by atoms with Gasteiger partial charge in [0.05, 0.1) is 10.9 Å². The monoisotopic (exact) mass is 424 g/mol. The quantitative estimate of drug-likeness (QED) is 0.765. The van der Waals surface area contributed by atoms with Gasteiger partial charge in [-0.05, 0) is 64.8 Å². The molecule has 0 saturated carbocycles. The summed E-state index contributed by atoms with van der Waals surface area (Å²) >= 11 is 0. The summed E-state index contributed by atoms with van der Waals surface area (Å²) in [7, 11) is -3.57. The average Bonchev–Trinajstić information content (AvgIpc) is 2.61. The van der Waals surface area contributed by atoms with Crippen LogP contribution in [0, 0.1) is 13.8 Å². The lowest BCUT2D eigenvalue weighted by atomic mass is 10.1. The molecular formula is C20H32N4O4S. The smallest absolute Gasteiger partial charge is 0.321 e. The van der Waals surface area contributed by atoms with Gasteiger partial charge in [-0.2, -0.15) is 4.31 Å². The Morgan fingerprint density at radius 3 is 2.14 bits per heavy atom. The van der Waals surface area contributed by atoms with Crippen molar-refractivity contribution in [2.45, 2.75) is 58.0 Å². The molecule has 9 heteroatoms. The molecule has 0 spiro atoms. The molecule has 1 saturated heterocycles. The Morgan fingerprint density at radius 2 is 1.62 bits per heavy atom. The number of aryl methyl sites for hydroxylation is 2. The molecule has 1 fully saturated rings. The summed E-state index contributed by atoms with van der Waals surface area (Å²) in [5, 5.41) is 5.03. The SMILES string of the molecule is Cc1ccc(S(=O)(=O)N2CCN(C(C)C(=O)NC(=O)NC(C)(C)C)CC2)cc1C. The van der Waals surface area contributed by atoms with Crippen molar-refractivity contribution in [2.24, 2.45) is 0 Å². The number of piperazine rings is 1. The standard InChI is InChI=1S/C20H32N4O4S/c1-14-7-8-17(13-15(14)2)29(27,28)24-11-9-23(10-12-24)16(3)18(25)21-19(26)22-20(4,5)6/h7-8,13,16H,9-12H2,1-6H3,(H2,21,22,25,26). The molecule has 1 unspecified atom stereocenters. The van der Waals surface area contributed by atoms with Crippen LogP contribution in [0.25, 0.3) is 0 Å². The molecule has 2 N–H and O–H groups in total. The largest absolute Gasteiger partial charge is 0.333 e. The molecule has 1 atom stereocenters. The number of urea groups is 1. The van der Waals surface area contributed by atoms with Crippen LogP contribution in [0.5, 0.6) is 0 Å². The van der Waals surface area contributed by atoms with E-state index < -0.39 is 33.5 Å². The van der Waals surface area contributed by atoms with Gasteiger partial charge in [0.25, 0.3) is 0 Å². The predicted molar refractivity (Wildman–Crippen MR) is 112 cm³/mol. The van der Waals surface area contributed by atoms with Crippen molar-refractivity contribution < 1.29 is 18.0 Å². The molecule has 1 heterocycles. The fourth-order valence-electron chi connectivity index (χ4n) is 3.11. The average molecular weight is 425 g/mol. The minimum atomic E-state index is -3.57. The minimum absolute atomic E-state index is 0.290. The highest BCUT2D eigenvalue weighted by Crippen LogP contribution is 2.21. The molecule has 1 aliphatic heterocycles. The number of nitrogens with one attached hydrogen (secondary N) is 2. The molecule has 0 aromatic heterocycles. The van der Waals surface area contributed by atoms with Gasteiger partial charge < -0.3 is 5.32 Å². The second-order valence-corrected chi connectivity index (χ2v) is 10.5. The lowest BCUT2D eigenvalue weighted by molar-refractivity contribution is -0.125. The van der Waals surface area contributed by atoms with Gasteiger partial charge in [0.15, 0.2) is 0 Å². The Hall–Kier alpha value is -1.97. The van der Waals surface area contributed by atoms with Crippen molar-refractivity contribution in [3.63, 3.8) is 0 Å². The van der Waals surface area contributed by atoms with Crippen LogP contribution in [0.3, 0.4) is 0 Å². The van der Waals surface area contributed by atoms with Gasteiger partial charge in [-0.1, -0.05) is 6.07 Å². The summed E-state index contributed by atoms with van der Waals surface area (Å²) in [5.74, 6) is -0.405. The van der Waals surface area contributed by atoms with Crippen LogP contribution in [0.4, 0.5) is 4.79 Å². The number of carbonyl (C=O) groups excluding carboxylic acids is 2. The normalized spacial score (nSPS) is 17.6. The van der Waals surface area contributed by atoms with Crippen LogP contribution in [-0.2, 0) is 14.8 Å². The van der Waals surface area contributed by atoms with Crippen molar-refractivity contribution in [3.05, 3.63) is 29.3 Å². The van der Waals surface area contributed by atoms with Gasteiger partial charge in [-0.15, -0.1) is 0 Å². The molecule has 2 rings (SSSR count). The molecule has 0 aliphatic carbocycles. The third-order valence-electron chi connectivity index (χ3n) is 5.04. The van der Waals surface area contributed by atoms with E-state index in [1.807, 2.05) is 45.6 Å². The summed E-state index contributed by atoms with van der Waals surface area (Å²) in [5.41, 5.74) is 1.54. The lowest BCUT2D eigenvalue weighted by Crippen LogP contribution is -2.57. The summed E-state index contributed by atoms with van der Waals surface area (Å²) in [6.45, 7) is 12.5. The van der Waals surface area contributed by atoms with E-state index in [2.05, 4.69) is 10.6 Å². The highest BCUT2D eigenvalue weighted by Gasteiger charge is 2.32. The Balaban J connectivity index is 1.96. The van der Waals surface area contributed by atoms with E-state index in [0.717, 1.165) is 11.1 Å². The maximum absolute atomic E-state index is 12.9. The van der Waals surface area contributed by atoms with Crippen LogP contribution < -0.4 is 10.6 Å². The van der Waals surface area contributed by atoms with Gasteiger partial charge >= 0.3 is 6.03 Å². The van der Waals surface area contributed by atoms with E-state index in [-0.39, 0.29) is 0 Å². The zero-order valence-electron chi connectivity index (χ0n) is 18.1. The lowest BCUT2D eigenvalue weighted by Gasteiger charge is -2.36. The van der Waals surface area contributed by atoms with Gasteiger partial charge in [0.2, 0.25) is 15.9 Å². The predicted octanol–water partition coefficient (Wildman–Crippen LogP) is 1.62. The highest BCUT2D eigenvalue weighted by molar-refractivity contribution is 7.89. The van der Waals surface area contributed by atoms with Crippen molar-refractivity contribution in [1.82, 2.24) is 19.8 Å². The third kappa shape index (κ3) is 6.01. The van der Waals surface area contributed by atoms with E-state index in [1.54, 1.807) is 19.1 Å². The number of imide groups is 1. The molecule has 1 aliphatic rings. The first-order chi connectivity index (χ1) is 13.3. The van der Waals surface area contributed by atoms with Crippen LogP contribution in [0.15, 0.2) is 23.1 Å². The molecule has 3 amide bonds. The molecule has 0 radical (unpaired) electrons. The first-order valence-electron chi connectivity index (χ1n) is 9.76. The number of benzene rings is 1. The van der Waals surface area contributed by atoms with Gasteiger partial charge in [-0.3, -0.25) is 15.0 Å². The highest BCUT2D eigenvalue weighted by atomic mass is 32.2. The van der Waals surface area contributed by atoms with E-state index >= 15 is 0 Å².